The third-order valence-corrected chi connectivity index (χ3v) is 2.81. The summed E-state index contributed by atoms with van der Waals surface area (Å²) in [6.07, 6.45) is 0.896. The average molecular weight is 232 g/mol. The maximum atomic E-state index is 10.9. The number of aryl methyl sites for hydroxylation is 1. The summed E-state index contributed by atoms with van der Waals surface area (Å²) in [7, 11) is 1.93. The number of carboxylic acid groups (broad SMARTS) is 1. The third kappa shape index (κ3) is 2.16. The first-order chi connectivity index (χ1) is 7.99. The van der Waals surface area contributed by atoms with Crippen LogP contribution >= 0.6 is 0 Å². The molecule has 0 unspecified atom stereocenters. The van der Waals surface area contributed by atoms with E-state index in [-0.39, 0.29) is 0 Å². The number of benzene rings is 1. The van der Waals surface area contributed by atoms with Gasteiger partial charge in [-0.25, -0.2) is 9.78 Å². The zero-order valence-electron chi connectivity index (χ0n) is 10.3. The summed E-state index contributed by atoms with van der Waals surface area (Å²) in [4.78, 5) is 15.4. The molecular formula is C13H16N2O2. The molecule has 4 heteroatoms. The van der Waals surface area contributed by atoms with Crippen LogP contribution in [0.2, 0.25) is 0 Å². The maximum Gasteiger partial charge on any atom is 0.335 e. The predicted octanol–water partition coefficient (Wildman–Crippen LogP) is 2.47. The van der Waals surface area contributed by atoms with E-state index in [4.69, 9.17) is 5.11 Å². The lowest BCUT2D eigenvalue weighted by Gasteiger charge is -2.04. The van der Waals surface area contributed by atoms with Crippen LogP contribution in [0.1, 0.15) is 30.0 Å². The molecule has 1 aromatic carbocycles. The molecule has 1 heterocycles. The number of rotatable bonds is 3. The molecule has 1 N–H and O–H groups in total. The van der Waals surface area contributed by atoms with E-state index in [9.17, 15) is 4.79 Å². The molecule has 0 saturated carbocycles. The molecule has 90 valence electrons. The minimum atomic E-state index is -0.904. The van der Waals surface area contributed by atoms with Crippen LogP contribution in [0.3, 0.4) is 0 Å². The van der Waals surface area contributed by atoms with Gasteiger partial charge < -0.3 is 9.67 Å². The van der Waals surface area contributed by atoms with Crippen LogP contribution in [0.15, 0.2) is 18.2 Å². The Morgan fingerprint density at radius 3 is 2.76 bits per heavy atom. The topological polar surface area (TPSA) is 55.1 Å². The number of aromatic nitrogens is 2. The summed E-state index contributed by atoms with van der Waals surface area (Å²) in [5, 5.41) is 8.96. The molecule has 4 nitrogen and oxygen atoms in total. The minimum absolute atomic E-state index is 0.302. The van der Waals surface area contributed by atoms with Crippen LogP contribution in [0.25, 0.3) is 11.0 Å². The fourth-order valence-electron chi connectivity index (χ4n) is 1.92. The first-order valence-electron chi connectivity index (χ1n) is 5.67. The molecule has 0 amide bonds. The van der Waals surface area contributed by atoms with E-state index in [1.54, 1.807) is 18.2 Å². The van der Waals surface area contributed by atoms with Crippen LogP contribution in [0.4, 0.5) is 0 Å². The van der Waals surface area contributed by atoms with Crippen molar-refractivity contribution in [2.45, 2.75) is 20.3 Å². The van der Waals surface area contributed by atoms with E-state index < -0.39 is 5.97 Å². The smallest absolute Gasteiger partial charge is 0.335 e. The fraction of sp³-hybridized carbons (Fsp3) is 0.385. The molecule has 0 aliphatic rings. The molecule has 0 saturated heterocycles. The molecule has 1 aromatic heterocycles. The number of carboxylic acids is 1. The van der Waals surface area contributed by atoms with Crippen LogP contribution in [0, 0.1) is 5.92 Å². The average Bonchev–Trinajstić information content (AvgIpc) is 2.55. The fourth-order valence-corrected chi connectivity index (χ4v) is 1.92. The van der Waals surface area contributed by atoms with Crippen molar-refractivity contribution in [3.63, 3.8) is 0 Å². The lowest BCUT2D eigenvalue weighted by atomic mass is 10.1. The summed E-state index contributed by atoms with van der Waals surface area (Å²) in [5.41, 5.74) is 2.03. The summed E-state index contributed by atoms with van der Waals surface area (Å²) in [5.74, 6) is 0.625. The van der Waals surface area contributed by atoms with Crippen molar-refractivity contribution >= 4 is 17.0 Å². The van der Waals surface area contributed by atoms with Crippen molar-refractivity contribution in [1.82, 2.24) is 9.55 Å². The third-order valence-electron chi connectivity index (χ3n) is 2.81. The normalized spacial score (nSPS) is 11.3. The number of hydrogen-bond acceptors (Lipinski definition) is 2. The highest BCUT2D eigenvalue weighted by Crippen LogP contribution is 2.18. The molecule has 0 radical (unpaired) electrons. The van der Waals surface area contributed by atoms with Crippen molar-refractivity contribution in [1.29, 1.82) is 0 Å². The van der Waals surface area contributed by atoms with Gasteiger partial charge in [-0.15, -0.1) is 0 Å². The number of nitrogens with zero attached hydrogens (tertiary/aromatic N) is 2. The largest absolute Gasteiger partial charge is 0.478 e. The lowest BCUT2D eigenvalue weighted by Crippen LogP contribution is -2.02. The molecule has 0 aliphatic heterocycles. The van der Waals surface area contributed by atoms with Gasteiger partial charge in [0.05, 0.1) is 16.6 Å². The molecule has 0 fully saturated rings. The minimum Gasteiger partial charge on any atom is -0.478 e. The van der Waals surface area contributed by atoms with Crippen LogP contribution in [0.5, 0.6) is 0 Å². The monoisotopic (exact) mass is 232 g/mol. The standard InChI is InChI=1S/C13H16N2O2/c1-8(2)6-12-14-10-5-4-9(13(16)17)7-11(10)15(12)3/h4-5,7-8H,6H2,1-3H3,(H,16,17). The van der Waals surface area contributed by atoms with Crippen LogP contribution in [-0.4, -0.2) is 20.6 Å². The van der Waals surface area contributed by atoms with Gasteiger partial charge in [0.25, 0.3) is 0 Å². The molecule has 17 heavy (non-hydrogen) atoms. The quantitative estimate of drug-likeness (QED) is 0.884. The van der Waals surface area contributed by atoms with Gasteiger partial charge >= 0.3 is 5.97 Å². The second-order valence-electron chi connectivity index (χ2n) is 4.69. The van der Waals surface area contributed by atoms with Gasteiger partial charge in [0.1, 0.15) is 5.82 Å². The Bertz CT molecular complexity index is 570. The lowest BCUT2D eigenvalue weighted by molar-refractivity contribution is 0.0697. The molecule has 0 atom stereocenters. The zero-order chi connectivity index (χ0) is 12.6. The van der Waals surface area contributed by atoms with Gasteiger partial charge in [-0.2, -0.15) is 0 Å². The second kappa shape index (κ2) is 4.20. The van der Waals surface area contributed by atoms with Crippen LogP contribution in [-0.2, 0) is 13.5 Å². The molecule has 0 aliphatic carbocycles. The number of carbonyl (C=O) groups is 1. The Kier molecular flexibility index (Phi) is 2.88. The summed E-state index contributed by atoms with van der Waals surface area (Å²) >= 11 is 0. The second-order valence-corrected chi connectivity index (χ2v) is 4.69. The summed E-state index contributed by atoms with van der Waals surface area (Å²) < 4.78 is 1.97. The summed E-state index contributed by atoms with van der Waals surface area (Å²) in [6.45, 7) is 4.28. The zero-order valence-corrected chi connectivity index (χ0v) is 10.3. The van der Waals surface area contributed by atoms with Gasteiger partial charge in [-0.05, 0) is 24.1 Å². The van der Waals surface area contributed by atoms with Gasteiger partial charge in [-0.1, -0.05) is 13.8 Å². The summed E-state index contributed by atoms with van der Waals surface area (Å²) in [6, 6.07) is 5.04. The van der Waals surface area contributed by atoms with Gasteiger partial charge in [0.2, 0.25) is 0 Å². The number of fused-ring (bicyclic) bond motifs is 1. The highest BCUT2D eigenvalue weighted by atomic mass is 16.4. The maximum absolute atomic E-state index is 10.9. The Morgan fingerprint density at radius 1 is 1.47 bits per heavy atom. The Hall–Kier alpha value is -1.84. The Balaban J connectivity index is 2.54. The number of hydrogen-bond donors (Lipinski definition) is 1. The van der Waals surface area contributed by atoms with E-state index in [1.165, 1.54) is 0 Å². The van der Waals surface area contributed by atoms with E-state index in [1.807, 2.05) is 11.6 Å². The van der Waals surface area contributed by atoms with E-state index in [0.29, 0.717) is 11.5 Å². The van der Waals surface area contributed by atoms with Crippen molar-refractivity contribution < 1.29 is 9.90 Å². The van der Waals surface area contributed by atoms with Crippen molar-refractivity contribution in [3.05, 3.63) is 29.6 Å². The molecule has 2 rings (SSSR count). The molecule has 0 bridgehead atoms. The van der Waals surface area contributed by atoms with Crippen molar-refractivity contribution in [2.24, 2.45) is 13.0 Å². The Labute approximate surface area is 99.9 Å². The molecular weight excluding hydrogens is 216 g/mol. The first kappa shape index (κ1) is 11.6. The van der Waals surface area contributed by atoms with Gasteiger partial charge in [0, 0.05) is 13.5 Å². The highest BCUT2D eigenvalue weighted by Gasteiger charge is 2.11. The van der Waals surface area contributed by atoms with Crippen molar-refractivity contribution in [3.8, 4) is 0 Å². The van der Waals surface area contributed by atoms with Gasteiger partial charge in [-0.3, -0.25) is 0 Å². The molecule has 0 spiro atoms. The number of imidazole rings is 1. The van der Waals surface area contributed by atoms with E-state index in [0.717, 1.165) is 23.3 Å². The van der Waals surface area contributed by atoms with E-state index in [2.05, 4.69) is 18.8 Å². The van der Waals surface area contributed by atoms with Gasteiger partial charge in [0.15, 0.2) is 0 Å². The predicted molar refractivity (Wildman–Crippen MR) is 66.2 cm³/mol. The highest BCUT2D eigenvalue weighted by molar-refractivity contribution is 5.92. The SMILES string of the molecule is CC(C)Cc1nc2ccc(C(=O)O)cc2n1C. The van der Waals surface area contributed by atoms with Crippen molar-refractivity contribution in [2.75, 3.05) is 0 Å². The Morgan fingerprint density at radius 2 is 2.18 bits per heavy atom. The van der Waals surface area contributed by atoms with Crippen LogP contribution < -0.4 is 0 Å². The molecule has 2 aromatic rings. The number of aromatic carboxylic acids is 1. The first-order valence-corrected chi connectivity index (χ1v) is 5.67. The van der Waals surface area contributed by atoms with E-state index >= 15 is 0 Å².